The van der Waals surface area contributed by atoms with Gasteiger partial charge in [-0.15, -0.1) is 0 Å². The zero-order valence-corrected chi connectivity index (χ0v) is 44.2. The summed E-state index contributed by atoms with van der Waals surface area (Å²) in [5.74, 6) is -2.26. The highest BCUT2D eigenvalue weighted by molar-refractivity contribution is 6.78. The molecule has 1 aliphatic heterocycles. The van der Waals surface area contributed by atoms with E-state index in [9.17, 15) is 24.0 Å². The summed E-state index contributed by atoms with van der Waals surface area (Å²) < 4.78 is 30.2. The number of nitrogens with one attached hydrogen (secondary N) is 4. The predicted molar refractivity (Wildman–Crippen MR) is 266 cm³/mol. The first-order valence-corrected chi connectivity index (χ1v) is 28.0. The van der Waals surface area contributed by atoms with Crippen molar-refractivity contribution in [3.8, 4) is 11.5 Å². The van der Waals surface area contributed by atoms with Crippen molar-refractivity contribution < 1.29 is 47.0 Å². The van der Waals surface area contributed by atoms with Gasteiger partial charge in [0.25, 0.3) is 20.0 Å². The van der Waals surface area contributed by atoms with Gasteiger partial charge in [-0.2, -0.15) is 0 Å². The van der Waals surface area contributed by atoms with Crippen molar-refractivity contribution in [3.05, 3.63) is 72.0 Å². The Balaban J connectivity index is 1.84. The summed E-state index contributed by atoms with van der Waals surface area (Å²) in [5.41, 5.74) is 9.33. The van der Waals surface area contributed by atoms with Gasteiger partial charge in [0.1, 0.15) is 31.0 Å². The molecule has 1 aliphatic rings. The summed E-state index contributed by atoms with van der Waals surface area (Å²) in [4.78, 5) is 67.8. The van der Waals surface area contributed by atoms with Gasteiger partial charge in [-0.3, -0.25) is 19.7 Å². The number of benzene rings is 2. The van der Waals surface area contributed by atoms with Gasteiger partial charge in [-0.25, -0.2) is 15.0 Å². The summed E-state index contributed by atoms with van der Waals surface area (Å²) in [6, 6.07) is 8.19. The molecule has 0 aromatic heterocycles. The minimum absolute atomic E-state index is 0.00655. The minimum Gasteiger partial charge on any atom is -0.540 e. The van der Waals surface area contributed by atoms with E-state index in [-0.39, 0.29) is 64.0 Å². The number of nitrogens with zero attached hydrogens (tertiary/aromatic N) is 1. The van der Waals surface area contributed by atoms with Crippen molar-refractivity contribution in [2.75, 3.05) is 31.1 Å². The highest BCUT2D eigenvalue weighted by atomic mass is 28.4. The molecule has 0 saturated carbocycles. The van der Waals surface area contributed by atoms with Crippen LogP contribution in [-0.2, 0) is 34.9 Å². The summed E-state index contributed by atoms with van der Waals surface area (Å²) in [7, 11) is -3.10. The molecule has 0 spiro atoms. The molecular formula is C49H77N5O10Si2. The molecule has 3 atom stereocenters. The maximum absolute atomic E-state index is 14.7. The normalized spacial score (nSPS) is 15.3. The molecule has 0 bridgehead atoms. The van der Waals surface area contributed by atoms with Crippen molar-refractivity contribution in [1.82, 2.24) is 15.6 Å². The highest BCUT2D eigenvalue weighted by Gasteiger charge is 2.48. The van der Waals surface area contributed by atoms with Crippen molar-refractivity contribution in [2.45, 2.75) is 156 Å². The van der Waals surface area contributed by atoms with E-state index in [4.69, 9.17) is 23.1 Å². The largest absolute Gasteiger partial charge is 0.540 e. The number of hydrogen-bond acceptors (Lipinski definition) is 12. The second-order valence-electron chi connectivity index (χ2n) is 20.0. The van der Waals surface area contributed by atoms with Crippen molar-refractivity contribution >= 4 is 57.7 Å². The Morgan fingerprint density at radius 1 is 0.894 bits per heavy atom. The molecule has 0 fully saturated rings. The third-order valence-electron chi connectivity index (χ3n) is 12.7. The maximum Gasteiger partial charge on any atom is 0.411 e. The molecule has 366 valence electrons. The van der Waals surface area contributed by atoms with E-state index in [1.807, 2.05) is 13.1 Å². The Hall–Kier alpha value is -4.98. The Morgan fingerprint density at radius 3 is 2.03 bits per heavy atom. The molecule has 3 rings (SSSR count). The molecule has 3 amide bonds. The van der Waals surface area contributed by atoms with Crippen LogP contribution >= 0.6 is 0 Å². The van der Waals surface area contributed by atoms with Crippen LogP contribution in [0.15, 0.2) is 60.8 Å². The van der Waals surface area contributed by atoms with Crippen LogP contribution in [0.4, 0.5) is 16.2 Å². The molecular weight excluding hydrogens is 875 g/mol. The lowest BCUT2D eigenvalue weighted by molar-refractivity contribution is -0.154. The van der Waals surface area contributed by atoms with E-state index >= 15 is 0 Å². The molecule has 1 heterocycles. The lowest BCUT2D eigenvalue weighted by Gasteiger charge is -2.42. The zero-order chi connectivity index (χ0) is 49.9. The Morgan fingerprint density at radius 2 is 1.50 bits per heavy atom. The minimum atomic E-state index is -2.52. The fraction of sp³-hybridized carbons (Fsp3) is 0.571. The molecule has 2 aromatic carbocycles. The Kier molecular flexibility index (Phi) is 19.8. The number of rotatable bonds is 23. The quantitative estimate of drug-likeness (QED) is 0.0272. The van der Waals surface area contributed by atoms with E-state index in [0.29, 0.717) is 35.8 Å². The Labute approximate surface area is 395 Å². The lowest BCUT2D eigenvalue weighted by atomic mass is 9.99. The summed E-state index contributed by atoms with van der Waals surface area (Å²) in [5, 5.41) is 5.48. The number of Topliss-reactive ketones (excluding diaryl/α,β-unsaturated/α-hetero) is 1. The SMILES string of the molecule is C=CCOC(=O)C(=O)C(NC(=O)C(C)NNc1ccc(COC(=O)Nc2cc(O[Si](C(C)C)(C(C)C)C(C)C)c(OC)cc2C(=O)N2C=C(C)C[C@H]2CO[Si](C)(C)C(C)(C)C)cc1)C(C)C. The van der Waals surface area contributed by atoms with Gasteiger partial charge in [-0.1, -0.05) is 107 Å². The number of hydrazine groups is 1. The number of ether oxygens (including phenoxy) is 3. The van der Waals surface area contributed by atoms with Crippen LogP contribution in [0.2, 0.25) is 34.8 Å². The molecule has 2 aromatic rings. The molecule has 0 radical (unpaired) electrons. The smallest absolute Gasteiger partial charge is 0.411 e. The van der Waals surface area contributed by atoms with Crippen LogP contribution in [-0.4, -0.2) is 89.6 Å². The third kappa shape index (κ3) is 14.0. The van der Waals surface area contributed by atoms with Crippen LogP contribution in [0.1, 0.15) is 112 Å². The highest BCUT2D eigenvalue weighted by Crippen LogP contribution is 2.46. The molecule has 17 heteroatoms. The van der Waals surface area contributed by atoms with Gasteiger partial charge in [0.05, 0.1) is 31.0 Å². The molecule has 0 aliphatic carbocycles. The van der Waals surface area contributed by atoms with Crippen molar-refractivity contribution in [2.24, 2.45) is 5.92 Å². The summed E-state index contributed by atoms with van der Waals surface area (Å²) >= 11 is 0. The van der Waals surface area contributed by atoms with Gasteiger partial charge in [0.15, 0.2) is 14.1 Å². The molecule has 66 heavy (non-hydrogen) atoms. The van der Waals surface area contributed by atoms with Crippen LogP contribution in [0.3, 0.4) is 0 Å². The van der Waals surface area contributed by atoms with Gasteiger partial charge in [-0.05, 0) is 84.7 Å². The average Bonchev–Trinajstić information content (AvgIpc) is 3.63. The fourth-order valence-electron chi connectivity index (χ4n) is 7.90. The first-order valence-electron chi connectivity index (χ1n) is 22.9. The first kappa shape index (κ1) is 55.4. The predicted octanol–water partition coefficient (Wildman–Crippen LogP) is 9.88. The van der Waals surface area contributed by atoms with E-state index in [1.54, 1.807) is 69.2 Å². The Bertz CT molecular complexity index is 2040. The second-order valence-corrected chi connectivity index (χ2v) is 30.1. The number of ketones is 1. The number of methoxy groups -OCH3 is 1. The van der Waals surface area contributed by atoms with Crippen LogP contribution < -0.4 is 30.6 Å². The number of anilines is 2. The monoisotopic (exact) mass is 952 g/mol. The van der Waals surface area contributed by atoms with Crippen LogP contribution in [0.25, 0.3) is 0 Å². The van der Waals surface area contributed by atoms with Gasteiger partial charge >= 0.3 is 12.1 Å². The number of hydrogen-bond donors (Lipinski definition) is 4. The lowest BCUT2D eigenvalue weighted by Crippen LogP contribution is -2.53. The van der Waals surface area contributed by atoms with Gasteiger partial charge in [0.2, 0.25) is 5.91 Å². The second kappa shape index (κ2) is 23.7. The molecule has 0 saturated heterocycles. The number of esters is 1. The number of carbonyl (C=O) groups is 5. The standard InChI is InChI=1S/C49H77N5O10Si2/c1-18-23-61-47(58)44(55)43(30(2)3)51-45(56)35(11)52-53-37-21-19-36(20-22-37)28-62-48(59)50-40-26-42(64-66(31(4)5,32(6)7)33(8)9)41(60-15)25-39(40)46(57)54-27-34(10)24-38(54)29-63-65(16,17)49(12,13)14/h18-22,25-27,30-33,35,38,43,52-53H,1,23-24,28-29H2,2-17H3,(H,50,59)(H,51,56)/t35?,38-,43?/m0/s1. The van der Waals surface area contributed by atoms with Crippen molar-refractivity contribution in [3.63, 3.8) is 0 Å². The average molecular weight is 952 g/mol. The van der Waals surface area contributed by atoms with Crippen molar-refractivity contribution in [1.29, 1.82) is 0 Å². The third-order valence-corrected chi connectivity index (χ3v) is 23.2. The number of carbonyl (C=O) groups excluding carboxylic acids is 5. The summed E-state index contributed by atoms with van der Waals surface area (Å²) in [6.45, 7) is 34.7. The maximum atomic E-state index is 14.7. The van der Waals surface area contributed by atoms with Crippen LogP contribution in [0, 0.1) is 5.92 Å². The number of amides is 3. The topological polar surface area (TPSA) is 183 Å². The molecule has 4 N–H and O–H groups in total. The first-order chi connectivity index (χ1) is 30.7. The fourth-order valence-corrected chi connectivity index (χ4v) is 14.2. The van der Waals surface area contributed by atoms with Crippen LogP contribution in [0.5, 0.6) is 11.5 Å². The van der Waals surface area contributed by atoms with E-state index in [0.717, 1.165) is 5.57 Å². The zero-order valence-electron chi connectivity index (χ0n) is 42.2. The van der Waals surface area contributed by atoms with E-state index in [1.165, 1.54) is 6.08 Å². The molecule has 2 unspecified atom stereocenters. The van der Waals surface area contributed by atoms with Gasteiger partial charge < -0.3 is 38.7 Å². The summed E-state index contributed by atoms with van der Waals surface area (Å²) in [6.07, 6.45) is 3.09. The molecule has 15 nitrogen and oxygen atoms in total. The van der Waals surface area contributed by atoms with E-state index in [2.05, 4.69) is 103 Å². The van der Waals surface area contributed by atoms with Gasteiger partial charge in [0, 0.05) is 18.0 Å². The van der Waals surface area contributed by atoms with E-state index < -0.39 is 52.5 Å².